The molecule has 4 rings (SSSR count). The second-order valence-electron chi connectivity index (χ2n) is 7.05. The number of rotatable bonds is 7. The van der Waals surface area contributed by atoms with Crippen molar-refractivity contribution in [2.24, 2.45) is 0 Å². The summed E-state index contributed by atoms with van der Waals surface area (Å²) in [5.74, 6) is 0.356. The highest BCUT2D eigenvalue weighted by Gasteiger charge is 2.13. The Morgan fingerprint density at radius 1 is 1.06 bits per heavy atom. The Labute approximate surface area is 197 Å². The molecule has 1 heterocycles. The first-order valence-corrected chi connectivity index (χ1v) is 10.9. The minimum atomic E-state index is -0.330. The van der Waals surface area contributed by atoms with Gasteiger partial charge < -0.3 is 10.1 Å². The minimum Gasteiger partial charge on any atom is -0.489 e. The lowest BCUT2D eigenvalue weighted by molar-refractivity contribution is 0.102. The minimum absolute atomic E-state index is 0.259. The number of aromatic nitrogens is 2. The summed E-state index contributed by atoms with van der Waals surface area (Å²) in [6.45, 7) is 0.725. The summed E-state index contributed by atoms with van der Waals surface area (Å²) in [6, 6.07) is 20.8. The van der Waals surface area contributed by atoms with E-state index in [4.69, 9.17) is 16.3 Å². The van der Waals surface area contributed by atoms with Gasteiger partial charge in [-0.2, -0.15) is 5.10 Å². The summed E-state index contributed by atoms with van der Waals surface area (Å²) >= 11 is 9.66. The van der Waals surface area contributed by atoms with Gasteiger partial charge in [0.2, 0.25) is 0 Å². The molecule has 8 heteroatoms. The van der Waals surface area contributed by atoms with E-state index in [0.717, 1.165) is 21.3 Å². The van der Waals surface area contributed by atoms with Crippen molar-refractivity contribution in [3.8, 4) is 5.75 Å². The van der Waals surface area contributed by atoms with E-state index in [9.17, 15) is 9.18 Å². The van der Waals surface area contributed by atoms with Crippen LogP contribution in [0.2, 0.25) is 5.02 Å². The van der Waals surface area contributed by atoms with E-state index in [-0.39, 0.29) is 17.5 Å². The van der Waals surface area contributed by atoms with Gasteiger partial charge in [0.25, 0.3) is 5.91 Å². The topological polar surface area (TPSA) is 56.2 Å². The number of hydrogen-bond acceptors (Lipinski definition) is 3. The Hall–Kier alpha value is -3.16. The smallest absolute Gasteiger partial charge is 0.256 e. The molecule has 0 bridgehead atoms. The van der Waals surface area contributed by atoms with Crippen molar-refractivity contribution in [2.45, 2.75) is 13.2 Å². The molecule has 0 aliphatic carbocycles. The standard InChI is InChI=1S/C24H18BrClFN3O2/c25-19-5-2-6-21(12-19)32-15-17-3-1-4-18(11-17)24(31)28-23-22(26)14-30(29-23)13-16-7-9-20(27)10-8-16/h1-12,14H,13,15H2,(H,28,29,31). The number of benzene rings is 3. The predicted octanol–water partition coefficient (Wildman–Crippen LogP) is 6.32. The van der Waals surface area contributed by atoms with Gasteiger partial charge in [0, 0.05) is 16.2 Å². The fourth-order valence-corrected chi connectivity index (χ4v) is 3.62. The third-order valence-electron chi connectivity index (χ3n) is 4.60. The lowest BCUT2D eigenvalue weighted by atomic mass is 10.1. The first kappa shape index (κ1) is 22.0. The van der Waals surface area contributed by atoms with Crippen LogP contribution in [0.5, 0.6) is 5.75 Å². The highest BCUT2D eigenvalue weighted by atomic mass is 79.9. The molecule has 0 fully saturated rings. The second kappa shape index (κ2) is 9.97. The van der Waals surface area contributed by atoms with Crippen molar-refractivity contribution in [1.29, 1.82) is 0 Å². The number of ether oxygens (including phenoxy) is 1. The first-order chi connectivity index (χ1) is 15.5. The van der Waals surface area contributed by atoms with Gasteiger partial charge in [-0.1, -0.05) is 57.9 Å². The molecule has 0 unspecified atom stereocenters. The highest BCUT2D eigenvalue weighted by molar-refractivity contribution is 9.10. The molecule has 0 aliphatic rings. The van der Waals surface area contributed by atoms with Crippen LogP contribution in [0.15, 0.2) is 83.5 Å². The molecule has 0 atom stereocenters. The largest absolute Gasteiger partial charge is 0.489 e. The summed E-state index contributed by atoms with van der Waals surface area (Å²) in [7, 11) is 0. The normalized spacial score (nSPS) is 10.7. The lowest BCUT2D eigenvalue weighted by Gasteiger charge is -2.08. The van der Waals surface area contributed by atoms with Gasteiger partial charge in [0.05, 0.1) is 6.54 Å². The molecule has 1 N–H and O–H groups in total. The number of amides is 1. The number of nitrogens with zero attached hydrogens (tertiary/aromatic N) is 2. The van der Waals surface area contributed by atoms with E-state index < -0.39 is 0 Å². The van der Waals surface area contributed by atoms with E-state index in [0.29, 0.717) is 23.7 Å². The Balaban J connectivity index is 1.41. The molecule has 0 saturated heterocycles. The molecule has 4 aromatic rings. The summed E-state index contributed by atoms with van der Waals surface area (Å²) in [5, 5.41) is 7.38. The molecule has 0 spiro atoms. The average Bonchev–Trinajstić information content (AvgIpc) is 3.12. The van der Waals surface area contributed by atoms with Crippen LogP contribution >= 0.6 is 27.5 Å². The van der Waals surface area contributed by atoms with Crippen molar-refractivity contribution >= 4 is 39.3 Å². The Kier molecular flexibility index (Phi) is 6.87. The average molecular weight is 515 g/mol. The van der Waals surface area contributed by atoms with Crippen molar-refractivity contribution in [3.63, 3.8) is 0 Å². The van der Waals surface area contributed by atoms with Crippen molar-refractivity contribution in [3.05, 3.63) is 111 Å². The van der Waals surface area contributed by atoms with E-state index in [1.165, 1.54) is 12.1 Å². The monoisotopic (exact) mass is 513 g/mol. The summed E-state index contributed by atoms with van der Waals surface area (Å²) in [5.41, 5.74) is 2.18. The van der Waals surface area contributed by atoms with Crippen LogP contribution in [-0.2, 0) is 13.2 Å². The van der Waals surface area contributed by atoms with E-state index >= 15 is 0 Å². The molecule has 5 nitrogen and oxygen atoms in total. The van der Waals surface area contributed by atoms with Crippen LogP contribution in [0.4, 0.5) is 10.2 Å². The van der Waals surface area contributed by atoms with E-state index in [1.807, 2.05) is 30.3 Å². The zero-order valence-electron chi connectivity index (χ0n) is 16.8. The number of anilines is 1. The van der Waals surface area contributed by atoms with Gasteiger partial charge in [-0.15, -0.1) is 0 Å². The molecule has 162 valence electrons. The maximum atomic E-state index is 13.1. The van der Waals surface area contributed by atoms with E-state index in [1.54, 1.807) is 41.2 Å². The van der Waals surface area contributed by atoms with Crippen molar-refractivity contribution in [1.82, 2.24) is 9.78 Å². The number of carbonyl (C=O) groups excluding carboxylic acids is 1. The number of halogens is 3. The predicted molar refractivity (Wildman–Crippen MR) is 126 cm³/mol. The Bertz CT molecular complexity index is 1240. The number of carbonyl (C=O) groups is 1. The van der Waals surface area contributed by atoms with Gasteiger partial charge in [-0.05, 0) is 53.6 Å². The van der Waals surface area contributed by atoms with Crippen molar-refractivity contribution in [2.75, 3.05) is 5.32 Å². The summed E-state index contributed by atoms with van der Waals surface area (Å²) < 4.78 is 21.4. The molecule has 0 aliphatic heterocycles. The molecular formula is C24H18BrClFN3O2. The van der Waals surface area contributed by atoms with Crippen LogP contribution < -0.4 is 10.1 Å². The van der Waals surface area contributed by atoms with Crippen LogP contribution in [0, 0.1) is 5.82 Å². The second-order valence-corrected chi connectivity index (χ2v) is 8.37. The van der Waals surface area contributed by atoms with Crippen LogP contribution in [0.3, 0.4) is 0 Å². The quantitative estimate of drug-likeness (QED) is 0.314. The lowest BCUT2D eigenvalue weighted by Crippen LogP contribution is -2.13. The summed E-state index contributed by atoms with van der Waals surface area (Å²) in [6.07, 6.45) is 1.61. The third-order valence-corrected chi connectivity index (χ3v) is 5.37. The number of hydrogen-bond donors (Lipinski definition) is 1. The van der Waals surface area contributed by atoms with Crippen molar-refractivity contribution < 1.29 is 13.9 Å². The molecule has 32 heavy (non-hydrogen) atoms. The zero-order chi connectivity index (χ0) is 22.5. The van der Waals surface area contributed by atoms with Gasteiger partial charge in [0.15, 0.2) is 5.82 Å². The molecule has 1 aromatic heterocycles. The SMILES string of the molecule is O=C(Nc1nn(Cc2ccc(F)cc2)cc1Cl)c1cccc(COc2cccc(Br)c2)c1. The Morgan fingerprint density at radius 3 is 2.62 bits per heavy atom. The molecular weight excluding hydrogens is 497 g/mol. The summed E-state index contributed by atoms with van der Waals surface area (Å²) in [4.78, 5) is 12.7. The maximum Gasteiger partial charge on any atom is 0.256 e. The molecule has 3 aromatic carbocycles. The zero-order valence-corrected chi connectivity index (χ0v) is 19.1. The molecule has 1 amide bonds. The molecule has 0 saturated carbocycles. The third kappa shape index (κ3) is 5.75. The van der Waals surface area contributed by atoms with Gasteiger partial charge in [-0.3, -0.25) is 9.48 Å². The van der Waals surface area contributed by atoms with Crippen LogP contribution in [-0.4, -0.2) is 15.7 Å². The number of nitrogens with one attached hydrogen (secondary N) is 1. The van der Waals surface area contributed by atoms with E-state index in [2.05, 4.69) is 26.3 Å². The Morgan fingerprint density at radius 2 is 1.84 bits per heavy atom. The van der Waals surface area contributed by atoms with Crippen LogP contribution in [0.1, 0.15) is 21.5 Å². The first-order valence-electron chi connectivity index (χ1n) is 9.72. The van der Waals surface area contributed by atoms with Gasteiger partial charge in [-0.25, -0.2) is 4.39 Å². The maximum absolute atomic E-state index is 13.1. The van der Waals surface area contributed by atoms with Gasteiger partial charge in [0.1, 0.15) is 23.2 Å². The fourth-order valence-electron chi connectivity index (χ4n) is 3.05. The fraction of sp³-hybridized carbons (Fsp3) is 0.0833. The van der Waals surface area contributed by atoms with Crippen LogP contribution in [0.25, 0.3) is 0 Å². The van der Waals surface area contributed by atoms with Gasteiger partial charge >= 0.3 is 0 Å². The highest BCUT2D eigenvalue weighted by Crippen LogP contribution is 2.22. The molecule has 0 radical (unpaired) electrons.